The molecule has 0 aromatic rings. The Bertz CT molecular complexity index is 211. The quantitative estimate of drug-likeness (QED) is 0.300. The van der Waals surface area contributed by atoms with Crippen molar-refractivity contribution in [2.75, 3.05) is 6.61 Å². The Balaban J connectivity index is 3.88. The second-order valence-electron chi connectivity index (χ2n) is 3.84. The Hall–Kier alpha value is -0.833. The molecule has 0 heterocycles. The highest BCUT2D eigenvalue weighted by Crippen LogP contribution is 2.01. The lowest BCUT2D eigenvalue weighted by atomic mass is 10.5. The van der Waals surface area contributed by atoms with Crippen LogP contribution in [0.2, 0.25) is 19.6 Å². The average Bonchev–Trinajstić information content (AvgIpc) is 1.97. The third kappa shape index (κ3) is 9.08. The molecule has 0 aliphatic carbocycles. The molecule has 13 heavy (non-hydrogen) atoms. The van der Waals surface area contributed by atoms with Crippen LogP contribution in [0.3, 0.4) is 0 Å². The minimum absolute atomic E-state index is 0.275. The maximum absolute atomic E-state index is 10.8. The van der Waals surface area contributed by atoms with E-state index in [0.717, 1.165) is 0 Å². The van der Waals surface area contributed by atoms with Crippen molar-refractivity contribution in [2.45, 2.75) is 26.6 Å². The highest BCUT2D eigenvalue weighted by molar-refractivity contribution is 6.80. The maximum Gasteiger partial charge on any atom is 0.330 e. The summed E-state index contributed by atoms with van der Waals surface area (Å²) in [6, 6.07) is 0. The molecule has 74 valence electrons. The van der Waals surface area contributed by atoms with Gasteiger partial charge in [-0.2, -0.15) is 0 Å². The van der Waals surface area contributed by atoms with Crippen molar-refractivity contribution in [2.24, 2.45) is 0 Å². The van der Waals surface area contributed by atoms with Gasteiger partial charge in [0.1, 0.15) is 0 Å². The summed E-state index contributed by atoms with van der Waals surface area (Å²) in [5.41, 5.74) is 2.17. The highest BCUT2D eigenvalue weighted by Gasteiger charge is 2.05. The van der Waals surface area contributed by atoms with Gasteiger partial charge in [0, 0.05) is 6.08 Å². The first-order valence-corrected chi connectivity index (χ1v) is 8.06. The van der Waals surface area contributed by atoms with Crippen LogP contribution < -0.4 is 0 Å². The summed E-state index contributed by atoms with van der Waals surface area (Å²) in [6.07, 6.45) is 5.10. The molecular formula is C10H18O2Si. The first-order chi connectivity index (χ1) is 5.95. The summed E-state index contributed by atoms with van der Waals surface area (Å²) in [6.45, 7) is 8.94. The smallest absolute Gasteiger partial charge is 0.330 e. The molecule has 0 radical (unpaired) electrons. The number of carbonyl (C=O) groups is 1. The third-order valence-electron chi connectivity index (χ3n) is 1.23. The summed E-state index contributed by atoms with van der Waals surface area (Å²) in [5, 5.41) is 0. The zero-order valence-corrected chi connectivity index (χ0v) is 9.83. The molecule has 0 rings (SSSR count). The standard InChI is InChI=1S/C10H18O2Si/c1-5-12-10(11)8-6-7-9-13(2,3)4/h6-9H,5H2,1-4H3/b8-6+,9-7-. The fourth-order valence-corrected chi connectivity index (χ4v) is 1.36. The van der Waals surface area contributed by atoms with Gasteiger partial charge in [0.05, 0.1) is 14.7 Å². The molecule has 0 aromatic carbocycles. The monoisotopic (exact) mass is 198 g/mol. The van der Waals surface area contributed by atoms with Crippen LogP contribution in [0.5, 0.6) is 0 Å². The van der Waals surface area contributed by atoms with E-state index in [4.69, 9.17) is 4.74 Å². The SMILES string of the molecule is CCOC(=O)/C=C/C=C\[Si](C)(C)C. The van der Waals surface area contributed by atoms with E-state index in [9.17, 15) is 4.79 Å². The number of rotatable bonds is 4. The van der Waals surface area contributed by atoms with Crippen LogP contribution in [0.15, 0.2) is 23.9 Å². The number of carbonyl (C=O) groups excluding carboxylic acids is 1. The van der Waals surface area contributed by atoms with Gasteiger partial charge in [-0.15, -0.1) is 0 Å². The minimum Gasteiger partial charge on any atom is -0.463 e. The summed E-state index contributed by atoms with van der Waals surface area (Å²) in [4.78, 5) is 10.8. The van der Waals surface area contributed by atoms with Gasteiger partial charge in [0.15, 0.2) is 0 Å². The Morgan fingerprint density at radius 2 is 1.92 bits per heavy atom. The van der Waals surface area contributed by atoms with E-state index in [1.54, 1.807) is 13.0 Å². The Morgan fingerprint density at radius 3 is 2.38 bits per heavy atom. The summed E-state index contributed by atoms with van der Waals surface area (Å²) >= 11 is 0. The largest absolute Gasteiger partial charge is 0.463 e. The van der Waals surface area contributed by atoms with Gasteiger partial charge < -0.3 is 4.74 Å². The maximum atomic E-state index is 10.8. The summed E-state index contributed by atoms with van der Waals surface area (Å²) in [5.74, 6) is -0.275. The normalized spacial score (nSPS) is 12.6. The lowest BCUT2D eigenvalue weighted by Crippen LogP contribution is -2.15. The molecule has 0 atom stereocenters. The Labute approximate surface area is 81.3 Å². The zero-order valence-electron chi connectivity index (χ0n) is 8.83. The van der Waals surface area contributed by atoms with E-state index in [-0.39, 0.29) is 5.97 Å². The van der Waals surface area contributed by atoms with E-state index >= 15 is 0 Å². The molecule has 3 heteroatoms. The number of esters is 1. The van der Waals surface area contributed by atoms with Gasteiger partial charge in [0.2, 0.25) is 0 Å². The van der Waals surface area contributed by atoms with Crippen LogP contribution in [0.4, 0.5) is 0 Å². The van der Waals surface area contributed by atoms with Crippen molar-refractivity contribution in [3.8, 4) is 0 Å². The van der Waals surface area contributed by atoms with Crippen LogP contribution in [0, 0.1) is 0 Å². The fourth-order valence-electron chi connectivity index (χ4n) is 0.669. The van der Waals surface area contributed by atoms with Gasteiger partial charge in [-0.3, -0.25) is 0 Å². The van der Waals surface area contributed by atoms with Crippen LogP contribution in [-0.4, -0.2) is 20.7 Å². The van der Waals surface area contributed by atoms with Gasteiger partial charge in [-0.25, -0.2) is 4.79 Å². The molecule has 0 aromatic heterocycles. The molecule has 2 nitrogen and oxygen atoms in total. The predicted molar refractivity (Wildman–Crippen MR) is 58.3 cm³/mol. The second-order valence-corrected chi connectivity index (χ2v) is 8.90. The molecule has 0 aliphatic rings. The molecule has 0 unspecified atom stereocenters. The number of hydrogen-bond donors (Lipinski definition) is 0. The van der Waals surface area contributed by atoms with Crippen molar-refractivity contribution in [3.63, 3.8) is 0 Å². The topological polar surface area (TPSA) is 26.3 Å². The molecular weight excluding hydrogens is 180 g/mol. The fraction of sp³-hybridized carbons (Fsp3) is 0.500. The lowest BCUT2D eigenvalue weighted by molar-refractivity contribution is -0.137. The van der Waals surface area contributed by atoms with Crippen molar-refractivity contribution in [1.82, 2.24) is 0 Å². The molecule has 0 bridgehead atoms. The number of ether oxygens (including phenoxy) is 1. The van der Waals surface area contributed by atoms with Crippen molar-refractivity contribution >= 4 is 14.0 Å². The van der Waals surface area contributed by atoms with Gasteiger partial charge >= 0.3 is 5.97 Å². The van der Waals surface area contributed by atoms with Crippen LogP contribution in [-0.2, 0) is 9.53 Å². The Kier molecular flexibility index (Phi) is 5.38. The van der Waals surface area contributed by atoms with E-state index in [1.807, 2.05) is 6.08 Å². The molecule has 0 aliphatic heterocycles. The van der Waals surface area contributed by atoms with E-state index in [2.05, 4.69) is 25.3 Å². The first-order valence-electron chi connectivity index (χ1n) is 4.48. The lowest BCUT2D eigenvalue weighted by Gasteiger charge is -2.06. The van der Waals surface area contributed by atoms with E-state index < -0.39 is 8.07 Å². The number of hydrogen-bond acceptors (Lipinski definition) is 2. The van der Waals surface area contributed by atoms with Crippen LogP contribution >= 0.6 is 0 Å². The van der Waals surface area contributed by atoms with Crippen LogP contribution in [0.1, 0.15) is 6.92 Å². The van der Waals surface area contributed by atoms with Gasteiger partial charge in [-0.1, -0.05) is 37.5 Å². The second kappa shape index (κ2) is 5.75. The van der Waals surface area contributed by atoms with Crippen LogP contribution in [0.25, 0.3) is 0 Å². The van der Waals surface area contributed by atoms with Crippen molar-refractivity contribution in [1.29, 1.82) is 0 Å². The Morgan fingerprint density at radius 1 is 1.31 bits per heavy atom. The molecule has 0 N–H and O–H groups in total. The number of allylic oxidation sites excluding steroid dienone is 2. The third-order valence-corrected chi connectivity index (χ3v) is 2.42. The average molecular weight is 198 g/mol. The van der Waals surface area contributed by atoms with E-state index in [1.165, 1.54) is 6.08 Å². The first kappa shape index (κ1) is 12.2. The zero-order chi connectivity index (χ0) is 10.3. The highest BCUT2D eigenvalue weighted by atomic mass is 28.3. The minimum atomic E-state index is -1.13. The molecule has 0 saturated heterocycles. The van der Waals surface area contributed by atoms with Crippen molar-refractivity contribution < 1.29 is 9.53 Å². The van der Waals surface area contributed by atoms with Crippen molar-refractivity contribution in [3.05, 3.63) is 23.9 Å². The van der Waals surface area contributed by atoms with Gasteiger partial charge in [-0.05, 0) is 6.92 Å². The molecule has 0 amide bonds. The molecule has 0 spiro atoms. The van der Waals surface area contributed by atoms with E-state index in [0.29, 0.717) is 6.61 Å². The van der Waals surface area contributed by atoms with Gasteiger partial charge in [0.25, 0.3) is 0 Å². The summed E-state index contributed by atoms with van der Waals surface area (Å²) in [7, 11) is -1.13. The molecule has 0 fully saturated rings. The molecule has 0 saturated carbocycles. The predicted octanol–water partition coefficient (Wildman–Crippen LogP) is 2.54. The summed E-state index contributed by atoms with van der Waals surface area (Å²) < 4.78 is 4.73.